The van der Waals surface area contributed by atoms with Crippen molar-refractivity contribution in [3.05, 3.63) is 36.2 Å². The zero-order chi connectivity index (χ0) is 13.0. The van der Waals surface area contributed by atoms with Crippen LogP contribution in [0.2, 0.25) is 0 Å². The lowest BCUT2D eigenvalue weighted by molar-refractivity contribution is 0.0942. The third-order valence-corrected chi connectivity index (χ3v) is 2.57. The molecule has 0 saturated heterocycles. The minimum Gasteiger partial charge on any atom is -0.353 e. The van der Waals surface area contributed by atoms with Gasteiger partial charge < -0.3 is 9.88 Å². The molecular formula is C12H17N5O. The summed E-state index contributed by atoms with van der Waals surface area (Å²) >= 11 is 0. The molecule has 2 rings (SSSR count). The van der Waals surface area contributed by atoms with Gasteiger partial charge in [-0.3, -0.25) is 9.89 Å². The van der Waals surface area contributed by atoms with Crippen molar-refractivity contribution in [3.63, 3.8) is 0 Å². The molecular weight excluding hydrogens is 230 g/mol. The van der Waals surface area contributed by atoms with Gasteiger partial charge in [-0.25, -0.2) is 4.98 Å². The molecule has 0 saturated carbocycles. The second-order valence-electron chi connectivity index (χ2n) is 4.38. The van der Waals surface area contributed by atoms with E-state index in [1.54, 1.807) is 0 Å². The monoisotopic (exact) mass is 247 g/mol. The molecule has 0 aliphatic rings. The van der Waals surface area contributed by atoms with Crippen LogP contribution >= 0.6 is 0 Å². The molecule has 0 aromatic carbocycles. The summed E-state index contributed by atoms with van der Waals surface area (Å²) in [5.74, 6) is 0.918. The second-order valence-corrected chi connectivity index (χ2v) is 4.38. The molecule has 96 valence electrons. The fraction of sp³-hybridized carbons (Fsp3) is 0.417. The van der Waals surface area contributed by atoms with Gasteiger partial charge in [-0.2, -0.15) is 0 Å². The van der Waals surface area contributed by atoms with Crippen LogP contribution in [0.15, 0.2) is 24.5 Å². The zero-order valence-corrected chi connectivity index (χ0v) is 10.6. The number of aromatic nitrogens is 4. The Bertz CT molecular complexity index is 500. The molecule has 0 radical (unpaired) electrons. The molecule has 0 atom stereocenters. The molecule has 0 fully saturated rings. The van der Waals surface area contributed by atoms with Gasteiger partial charge >= 0.3 is 0 Å². The topological polar surface area (TPSA) is 75.6 Å². The predicted octanol–water partition coefficient (Wildman–Crippen LogP) is 1.16. The number of nitrogens with zero attached hydrogens (tertiary/aromatic N) is 3. The van der Waals surface area contributed by atoms with Gasteiger partial charge in [0.2, 0.25) is 5.82 Å². The Morgan fingerprint density at radius 2 is 2.17 bits per heavy atom. The Kier molecular flexibility index (Phi) is 3.76. The Balaban J connectivity index is 1.83. The first-order valence-electron chi connectivity index (χ1n) is 5.98. The van der Waals surface area contributed by atoms with Gasteiger partial charge in [0.05, 0.1) is 0 Å². The maximum atomic E-state index is 11.7. The van der Waals surface area contributed by atoms with Crippen LogP contribution in [-0.4, -0.2) is 32.2 Å². The molecule has 0 spiro atoms. The van der Waals surface area contributed by atoms with E-state index in [9.17, 15) is 4.79 Å². The summed E-state index contributed by atoms with van der Waals surface area (Å²) in [4.78, 5) is 15.9. The predicted molar refractivity (Wildman–Crippen MR) is 67.2 cm³/mol. The quantitative estimate of drug-likeness (QED) is 0.832. The van der Waals surface area contributed by atoms with Crippen LogP contribution < -0.4 is 5.32 Å². The molecule has 2 N–H and O–H groups in total. The maximum Gasteiger partial charge on any atom is 0.291 e. The number of hydrogen-bond acceptors (Lipinski definition) is 3. The number of aromatic amines is 1. The van der Waals surface area contributed by atoms with Crippen molar-refractivity contribution >= 4 is 5.91 Å². The summed E-state index contributed by atoms with van der Waals surface area (Å²) in [5, 5.41) is 9.45. The van der Waals surface area contributed by atoms with Gasteiger partial charge in [-0.05, 0) is 12.1 Å². The van der Waals surface area contributed by atoms with Crippen LogP contribution in [0.5, 0.6) is 0 Å². The normalized spacial score (nSPS) is 10.8. The van der Waals surface area contributed by atoms with E-state index < -0.39 is 0 Å². The van der Waals surface area contributed by atoms with Crippen molar-refractivity contribution in [1.82, 2.24) is 25.1 Å². The van der Waals surface area contributed by atoms with Crippen molar-refractivity contribution in [2.24, 2.45) is 0 Å². The lowest BCUT2D eigenvalue weighted by atomic mass is 10.2. The van der Waals surface area contributed by atoms with E-state index >= 15 is 0 Å². The van der Waals surface area contributed by atoms with Gasteiger partial charge in [0.25, 0.3) is 5.91 Å². The fourth-order valence-electron chi connectivity index (χ4n) is 1.53. The van der Waals surface area contributed by atoms with Crippen molar-refractivity contribution in [3.8, 4) is 0 Å². The highest BCUT2D eigenvalue weighted by Gasteiger charge is 2.13. The molecule has 0 bridgehead atoms. The second kappa shape index (κ2) is 5.48. The number of rotatable bonds is 5. The highest BCUT2D eigenvalue weighted by atomic mass is 16.2. The highest BCUT2D eigenvalue weighted by Crippen LogP contribution is 2.07. The van der Waals surface area contributed by atoms with E-state index in [4.69, 9.17) is 0 Å². The van der Waals surface area contributed by atoms with E-state index in [-0.39, 0.29) is 17.6 Å². The summed E-state index contributed by atoms with van der Waals surface area (Å²) in [6.07, 6.45) is 3.91. The van der Waals surface area contributed by atoms with Gasteiger partial charge in [-0.1, -0.05) is 13.8 Å². The Hall–Kier alpha value is -2.11. The Labute approximate surface area is 105 Å². The number of amides is 1. The number of nitrogens with one attached hydrogen (secondary N) is 2. The number of H-pyrrole nitrogens is 1. The zero-order valence-electron chi connectivity index (χ0n) is 10.6. The van der Waals surface area contributed by atoms with Crippen molar-refractivity contribution in [2.75, 3.05) is 6.54 Å². The maximum absolute atomic E-state index is 11.7. The Morgan fingerprint density at radius 1 is 1.44 bits per heavy atom. The van der Waals surface area contributed by atoms with Gasteiger partial charge in [-0.15, -0.1) is 5.10 Å². The van der Waals surface area contributed by atoms with Crippen molar-refractivity contribution in [2.45, 2.75) is 26.3 Å². The molecule has 2 aromatic rings. The summed E-state index contributed by atoms with van der Waals surface area (Å²) in [7, 11) is 0. The first-order valence-corrected chi connectivity index (χ1v) is 5.98. The van der Waals surface area contributed by atoms with Crippen LogP contribution in [0.4, 0.5) is 0 Å². The minimum absolute atomic E-state index is 0.200. The third-order valence-electron chi connectivity index (χ3n) is 2.57. The smallest absolute Gasteiger partial charge is 0.291 e. The van der Waals surface area contributed by atoms with Crippen LogP contribution in [0, 0.1) is 0 Å². The first kappa shape index (κ1) is 12.3. The molecule has 0 aliphatic carbocycles. The van der Waals surface area contributed by atoms with Crippen molar-refractivity contribution in [1.29, 1.82) is 0 Å². The summed E-state index contributed by atoms with van der Waals surface area (Å²) in [6, 6.07) is 3.90. The number of carbonyl (C=O) groups excluding carboxylic acids is 1. The lowest BCUT2D eigenvalue weighted by Gasteiger charge is -2.03. The van der Waals surface area contributed by atoms with E-state index in [1.165, 1.54) is 0 Å². The van der Waals surface area contributed by atoms with Crippen LogP contribution in [-0.2, 0) is 6.54 Å². The molecule has 18 heavy (non-hydrogen) atoms. The van der Waals surface area contributed by atoms with Gasteiger partial charge in [0.15, 0.2) is 0 Å². The standard InChI is InChI=1S/C12H17N5O/c1-9(2)10-14-11(16-15-10)12(18)13-5-8-17-6-3-4-7-17/h3-4,6-7,9H,5,8H2,1-2H3,(H,13,18)(H,14,15,16). The molecule has 1 amide bonds. The Morgan fingerprint density at radius 3 is 2.78 bits per heavy atom. The molecule has 2 heterocycles. The molecule has 0 unspecified atom stereocenters. The van der Waals surface area contributed by atoms with E-state index in [2.05, 4.69) is 20.5 Å². The van der Waals surface area contributed by atoms with Gasteiger partial charge in [0.1, 0.15) is 5.82 Å². The summed E-state index contributed by atoms with van der Waals surface area (Å²) in [5.41, 5.74) is 0. The highest BCUT2D eigenvalue weighted by molar-refractivity contribution is 5.90. The van der Waals surface area contributed by atoms with Crippen LogP contribution in [0.1, 0.15) is 36.2 Å². The van der Waals surface area contributed by atoms with E-state index in [0.717, 1.165) is 12.4 Å². The molecule has 0 aliphatic heterocycles. The average molecular weight is 247 g/mol. The molecule has 6 heteroatoms. The van der Waals surface area contributed by atoms with E-state index in [0.29, 0.717) is 6.54 Å². The minimum atomic E-state index is -0.245. The lowest BCUT2D eigenvalue weighted by Crippen LogP contribution is -2.27. The van der Waals surface area contributed by atoms with Crippen LogP contribution in [0.25, 0.3) is 0 Å². The van der Waals surface area contributed by atoms with E-state index in [1.807, 2.05) is 42.9 Å². The van der Waals surface area contributed by atoms with Gasteiger partial charge in [0, 0.05) is 31.4 Å². The number of hydrogen-bond donors (Lipinski definition) is 2. The van der Waals surface area contributed by atoms with Crippen molar-refractivity contribution < 1.29 is 4.79 Å². The fourth-order valence-corrected chi connectivity index (χ4v) is 1.53. The third kappa shape index (κ3) is 2.97. The largest absolute Gasteiger partial charge is 0.353 e. The summed E-state index contributed by atoms with van der Waals surface area (Å²) in [6.45, 7) is 5.28. The van der Waals surface area contributed by atoms with Crippen LogP contribution in [0.3, 0.4) is 0 Å². The average Bonchev–Trinajstić information content (AvgIpc) is 2.99. The number of carbonyl (C=O) groups is 1. The first-order chi connectivity index (χ1) is 8.66. The molecule has 6 nitrogen and oxygen atoms in total. The SMILES string of the molecule is CC(C)c1nc(C(=O)NCCn2cccc2)n[nH]1. The summed E-state index contributed by atoms with van der Waals surface area (Å²) < 4.78 is 2.00. The molecule has 2 aromatic heterocycles.